The molecule has 34 heavy (non-hydrogen) atoms. The number of sulfonamides is 1. The van der Waals surface area contributed by atoms with Crippen molar-refractivity contribution in [3.05, 3.63) is 48.3 Å². The van der Waals surface area contributed by atoms with Gasteiger partial charge in [-0.25, -0.2) is 8.42 Å². The van der Waals surface area contributed by atoms with E-state index < -0.39 is 10.0 Å². The van der Waals surface area contributed by atoms with Gasteiger partial charge >= 0.3 is 0 Å². The summed E-state index contributed by atoms with van der Waals surface area (Å²) >= 11 is 0. The largest absolute Gasteiger partial charge is 0.496 e. The fourth-order valence-electron chi connectivity index (χ4n) is 4.29. The first-order valence-corrected chi connectivity index (χ1v) is 12.9. The third-order valence-corrected chi connectivity index (χ3v) is 7.33. The first-order chi connectivity index (χ1) is 16.4. The molecule has 2 aromatic heterocycles. The van der Waals surface area contributed by atoms with Crippen molar-refractivity contribution in [1.29, 1.82) is 0 Å². The Labute approximate surface area is 198 Å². The Morgan fingerprint density at radius 2 is 2.12 bits per heavy atom. The van der Waals surface area contributed by atoms with E-state index >= 15 is 0 Å². The normalized spacial score (nSPS) is 14.7. The van der Waals surface area contributed by atoms with Gasteiger partial charge in [-0.2, -0.15) is 5.10 Å². The number of carbonyl (C=O) groups excluding carboxylic acids is 1. The van der Waals surface area contributed by atoms with Crippen molar-refractivity contribution in [3.63, 3.8) is 0 Å². The fraction of sp³-hybridized carbons (Fsp3) is 0.435. The number of rotatable bonds is 10. The average Bonchev–Trinajstić information content (AvgIpc) is 3.43. The third-order valence-electron chi connectivity index (χ3n) is 5.92. The van der Waals surface area contributed by atoms with E-state index in [1.54, 1.807) is 23.0 Å². The highest BCUT2D eigenvalue weighted by atomic mass is 32.2. The minimum atomic E-state index is -3.57. The zero-order chi connectivity index (χ0) is 24.1. The van der Waals surface area contributed by atoms with Crippen LogP contribution in [0.2, 0.25) is 0 Å². The second-order valence-corrected chi connectivity index (χ2v) is 10.3. The number of amides is 1. The Bertz CT molecular complexity index is 1270. The standard InChI is InChI=1S/C23H29N5O5S/c1-3-21(29)24-13-18-9-10-28(25-18)14-17-11-19(32-2)22-20(12-17)33-26-23(22)27-34(30,31)15-16-7-5-4-6-8-16/h3,9-12,16H,1,4-8,13-15H2,2H3,(H,24,29)(H,26,27). The van der Waals surface area contributed by atoms with E-state index in [0.29, 0.717) is 35.5 Å². The third kappa shape index (κ3) is 5.77. The molecular weight excluding hydrogens is 458 g/mol. The molecule has 11 heteroatoms. The van der Waals surface area contributed by atoms with Gasteiger partial charge in [0.15, 0.2) is 11.4 Å². The summed E-state index contributed by atoms with van der Waals surface area (Å²) in [6, 6.07) is 5.40. The number of nitrogens with one attached hydrogen (secondary N) is 2. The smallest absolute Gasteiger partial charge is 0.243 e. The van der Waals surface area contributed by atoms with Crippen molar-refractivity contribution in [2.75, 3.05) is 17.6 Å². The molecule has 1 aromatic carbocycles. The van der Waals surface area contributed by atoms with E-state index in [1.807, 2.05) is 6.07 Å². The summed E-state index contributed by atoms with van der Waals surface area (Å²) < 4.78 is 40.8. The Hall–Kier alpha value is -3.34. The monoisotopic (exact) mass is 487 g/mol. The summed E-state index contributed by atoms with van der Waals surface area (Å²) in [4.78, 5) is 11.3. The maximum Gasteiger partial charge on any atom is 0.243 e. The number of ether oxygens (including phenoxy) is 1. The Morgan fingerprint density at radius 3 is 2.85 bits per heavy atom. The molecule has 0 unspecified atom stereocenters. The van der Waals surface area contributed by atoms with Crippen molar-refractivity contribution in [3.8, 4) is 5.75 Å². The van der Waals surface area contributed by atoms with E-state index in [0.717, 1.165) is 31.2 Å². The summed E-state index contributed by atoms with van der Waals surface area (Å²) in [6.45, 7) is 4.14. The molecule has 1 aliphatic rings. The molecule has 0 aliphatic heterocycles. The van der Waals surface area contributed by atoms with Gasteiger partial charge in [-0.3, -0.25) is 14.2 Å². The number of carbonyl (C=O) groups is 1. The topological polar surface area (TPSA) is 128 Å². The predicted molar refractivity (Wildman–Crippen MR) is 128 cm³/mol. The molecule has 1 fully saturated rings. The molecule has 3 aromatic rings. The summed E-state index contributed by atoms with van der Waals surface area (Å²) in [7, 11) is -2.05. The lowest BCUT2D eigenvalue weighted by Crippen LogP contribution is -2.24. The van der Waals surface area contributed by atoms with Gasteiger partial charge < -0.3 is 14.6 Å². The van der Waals surface area contributed by atoms with Gasteiger partial charge in [-0.15, -0.1) is 0 Å². The van der Waals surface area contributed by atoms with Crippen molar-refractivity contribution >= 4 is 32.7 Å². The first kappa shape index (κ1) is 23.8. The molecule has 0 saturated heterocycles. The molecule has 1 aliphatic carbocycles. The lowest BCUT2D eigenvalue weighted by Gasteiger charge is -2.21. The van der Waals surface area contributed by atoms with Crippen molar-refractivity contribution < 1.29 is 22.5 Å². The zero-order valence-electron chi connectivity index (χ0n) is 19.1. The van der Waals surface area contributed by atoms with E-state index in [-0.39, 0.29) is 23.4 Å². The van der Waals surface area contributed by atoms with Gasteiger partial charge in [0, 0.05) is 6.20 Å². The number of hydrogen-bond acceptors (Lipinski definition) is 7. The molecule has 2 heterocycles. The Balaban J connectivity index is 1.50. The van der Waals surface area contributed by atoms with Crippen LogP contribution in [0.25, 0.3) is 11.0 Å². The number of hydrogen-bond donors (Lipinski definition) is 2. The van der Waals surface area contributed by atoms with Gasteiger partial charge in [-0.1, -0.05) is 31.0 Å². The molecule has 0 atom stereocenters. The van der Waals surface area contributed by atoms with E-state index in [4.69, 9.17) is 9.26 Å². The van der Waals surface area contributed by atoms with E-state index in [1.165, 1.54) is 19.6 Å². The predicted octanol–water partition coefficient (Wildman–Crippen LogP) is 3.21. The van der Waals surface area contributed by atoms with Crippen LogP contribution in [0.5, 0.6) is 5.75 Å². The average molecular weight is 488 g/mol. The minimum Gasteiger partial charge on any atom is -0.496 e. The number of methoxy groups -OCH3 is 1. The molecule has 2 N–H and O–H groups in total. The highest BCUT2D eigenvalue weighted by Crippen LogP contribution is 2.35. The highest BCUT2D eigenvalue weighted by molar-refractivity contribution is 7.92. The van der Waals surface area contributed by atoms with Crippen molar-refractivity contribution in [2.45, 2.75) is 45.2 Å². The molecule has 182 valence electrons. The molecule has 1 saturated carbocycles. The van der Waals surface area contributed by atoms with Crippen LogP contribution in [0.15, 0.2) is 41.6 Å². The summed E-state index contributed by atoms with van der Waals surface area (Å²) in [5.74, 6) is 0.571. The Morgan fingerprint density at radius 1 is 1.32 bits per heavy atom. The molecule has 0 bridgehead atoms. The maximum atomic E-state index is 12.8. The van der Waals surface area contributed by atoms with Crippen molar-refractivity contribution in [2.24, 2.45) is 5.92 Å². The summed E-state index contributed by atoms with van der Waals surface area (Å²) in [5, 5.41) is 11.6. The number of aromatic nitrogens is 3. The summed E-state index contributed by atoms with van der Waals surface area (Å²) in [5.41, 5.74) is 1.95. The molecule has 0 radical (unpaired) electrons. The quantitative estimate of drug-likeness (QED) is 0.420. The molecule has 1 amide bonds. The molecule has 10 nitrogen and oxygen atoms in total. The van der Waals surface area contributed by atoms with Gasteiger partial charge in [0.05, 0.1) is 31.6 Å². The SMILES string of the molecule is C=CC(=O)NCc1ccn(Cc2cc(OC)c3c(NS(=O)(=O)CC4CCCCC4)noc3c2)n1. The second-order valence-electron chi connectivity index (χ2n) is 8.52. The lowest BCUT2D eigenvalue weighted by atomic mass is 9.91. The van der Waals surface area contributed by atoms with Crippen LogP contribution in [0.4, 0.5) is 5.82 Å². The number of fused-ring (bicyclic) bond motifs is 1. The van der Waals surface area contributed by atoms with E-state index in [2.05, 4.69) is 26.9 Å². The van der Waals surface area contributed by atoms with Gasteiger partial charge in [0.1, 0.15) is 11.1 Å². The van der Waals surface area contributed by atoms with Crippen LogP contribution in [-0.4, -0.2) is 42.1 Å². The van der Waals surface area contributed by atoms with Gasteiger partial charge in [-0.05, 0) is 48.6 Å². The lowest BCUT2D eigenvalue weighted by molar-refractivity contribution is -0.116. The van der Waals surface area contributed by atoms with Crippen LogP contribution >= 0.6 is 0 Å². The number of benzene rings is 1. The summed E-state index contributed by atoms with van der Waals surface area (Å²) in [6.07, 6.45) is 8.20. The van der Waals surface area contributed by atoms with E-state index in [9.17, 15) is 13.2 Å². The molecule has 4 rings (SSSR count). The van der Waals surface area contributed by atoms with Crippen molar-refractivity contribution in [1.82, 2.24) is 20.3 Å². The Kier molecular flexibility index (Phi) is 7.20. The fourth-order valence-corrected chi connectivity index (χ4v) is 5.76. The maximum absolute atomic E-state index is 12.8. The van der Waals surface area contributed by atoms with Gasteiger partial charge in [0.2, 0.25) is 15.9 Å². The van der Waals surface area contributed by atoms with Crippen LogP contribution < -0.4 is 14.8 Å². The van der Waals surface area contributed by atoms with Crippen LogP contribution in [0.1, 0.15) is 43.4 Å². The van der Waals surface area contributed by atoms with Crippen LogP contribution in [-0.2, 0) is 27.9 Å². The number of anilines is 1. The van der Waals surface area contributed by atoms with Crippen LogP contribution in [0.3, 0.4) is 0 Å². The highest BCUT2D eigenvalue weighted by Gasteiger charge is 2.24. The molecule has 0 spiro atoms. The van der Waals surface area contributed by atoms with Gasteiger partial charge in [0.25, 0.3) is 0 Å². The van der Waals surface area contributed by atoms with Crippen LogP contribution in [0, 0.1) is 5.92 Å². The number of nitrogens with zero attached hydrogens (tertiary/aromatic N) is 3. The molecular formula is C23H29N5O5S. The second kappa shape index (κ2) is 10.3. The zero-order valence-corrected chi connectivity index (χ0v) is 19.9. The minimum absolute atomic E-state index is 0.0800. The first-order valence-electron chi connectivity index (χ1n) is 11.3.